The number of hydrogen-bond donors (Lipinski definition) is 2. The molecule has 2 heterocycles. The minimum absolute atomic E-state index is 0.0901. The molecule has 162 valence electrons. The van der Waals surface area contributed by atoms with Crippen molar-refractivity contribution in [1.29, 1.82) is 0 Å². The van der Waals surface area contributed by atoms with Crippen molar-refractivity contribution in [3.05, 3.63) is 65.5 Å². The third kappa shape index (κ3) is 3.99. The number of anilines is 1. The zero-order chi connectivity index (χ0) is 22.0. The minimum atomic E-state index is -4.11. The van der Waals surface area contributed by atoms with Crippen LogP contribution in [0.5, 0.6) is 5.75 Å². The molecule has 0 aliphatic carbocycles. The second-order valence-corrected chi connectivity index (χ2v) is 8.55. The van der Waals surface area contributed by atoms with Crippen molar-refractivity contribution < 1.29 is 22.8 Å². The Kier molecular flexibility index (Phi) is 5.66. The third-order valence-electron chi connectivity index (χ3n) is 4.95. The molecular formula is C21H22N4O5S. The molecule has 0 atom stereocenters. The Bertz CT molecular complexity index is 1290. The fourth-order valence-electron chi connectivity index (χ4n) is 3.57. The number of ether oxygens (including phenoxy) is 1. The topological polar surface area (TPSA) is 119 Å². The molecule has 0 amide bonds. The molecule has 0 fully saturated rings. The lowest BCUT2D eigenvalue weighted by Gasteiger charge is -2.14. The molecule has 0 saturated heterocycles. The van der Waals surface area contributed by atoms with Crippen molar-refractivity contribution in [1.82, 2.24) is 14.9 Å². The zero-order valence-corrected chi connectivity index (χ0v) is 17.9. The molecule has 2 aromatic heterocycles. The first-order chi connectivity index (χ1) is 15.0. The van der Waals surface area contributed by atoms with Gasteiger partial charge >= 0.3 is 0 Å². The number of methoxy groups -OCH3 is 1. The van der Waals surface area contributed by atoms with Gasteiger partial charge in [-0.15, -0.1) is 0 Å². The second kappa shape index (κ2) is 8.40. The normalized spacial score (nSPS) is 11.7. The molecule has 4 rings (SSSR count). The monoisotopic (exact) mass is 442 g/mol. The zero-order valence-electron chi connectivity index (χ0n) is 17.1. The van der Waals surface area contributed by atoms with Crippen LogP contribution in [0, 0.1) is 0 Å². The van der Waals surface area contributed by atoms with Gasteiger partial charge in [0.1, 0.15) is 10.6 Å². The van der Waals surface area contributed by atoms with Gasteiger partial charge in [0.2, 0.25) is 0 Å². The van der Waals surface area contributed by atoms with E-state index in [2.05, 4.69) is 15.0 Å². The number of benzene rings is 2. The Labute approximate surface area is 179 Å². The molecule has 0 radical (unpaired) electrons. The first-order valence-electron chi connectivity index (χ1n) is 9.65. The van der Waals surface area contributed by atoms with Gasteiger partial charge in [0.25, 0.3) is 10.0 Å². The number of fused-ring (bicyclic) bond motifs is 1. The fourth-order valence-corrected chi connectivity index (χ4v) is 4.96. The van der Waals surface area contributed by atoms with Gasteiger partial charge in [-0.3, -0.25) is 9.40 Å². The summed E-state index contributed by atoms with van der Waals surface area (Å²) in [5, 5.41) is 18.4. The van der Waals surface area contributed by atoms with E-state index in [4.69, 9.17) is 9.26 Å². The minimum Gasteiger partial charge on any atom is -0.495 e. The summed E-state index contributed by atoms with van der Waals surface area (Å²) in [6.45, 7) is 2.07. The highest BCUT2D eigenvalue weighted by atomic mass is 32.2. The molecular weight excluding hydrogens is 420 g/mol. The van der Waals surface area contributed by atoms with Crippen LogP contribution in [0.1, 0.15) is 23.6 Å². The van der Waals surface area contributed by atoms with E-state index in [-0.39, 0.29) is 22.0 Å². The molecule has 0 aliphatic rings. The Balaban J connectivity index is 1.76. The number of aliphatic hydroxyl groups is 1. The molecule has 2 aromatic carbocycles. The summed E-state index contributed by atoms with van der Waals surface area (Å²) >= 11 is 0. The predicted octanol–water partition coefficient (Wildman–Crippen LogP) is 2.94. The van der Waals surface area contributed by atoms with Crippen molar-refractivity contribution in [2.24, 2.45) is 0 Å². The summed E-state index contributed by atoms with van der Waals surface area (Å²) in [7, 11) is -2.74. The maximum atomic E-state index is 13.2. The number of aliphatic hydroxyl groups excluding tert-OH is 1. The molecule has 10 heteroatoms. The van der Waals surface area contributed by atoms with E-state index in [0.29, 0.717) is 23.9 Å². The summed E-state index contributed by atoms with van der Waals surface area (Å²) in [5.41, 5.74) is 2.55. The third-order valence-corrected chi connectivity index (χ3v) is 6.41. The van der Waals surface area contributed by atoms with Crippen molar-refractivity contribution in [3.63, 3.8) is 0 Å². The standard InChI is InChI=1S/C21H22N4O5S/c1-3-15-10-14(12-25-9-5-8-22-25)11-18-19(15)21(23-30-18)24-31(27,28)20-16(13-26)6-4-7-17(20)29-2/h4-11,26H,3,12-13H2,1-2H3,(H,23,24). The van der Waals surface area contributed by atoms with Crippen LogP contribution in [0.2, 0.25) is 0 Å². The van der Waals surface area contributed by atoms with Crippen molar-refractivity contribution in [2.45, 2.75) is 31.4 Å². The molecule has 4 aromatic rings. The summed E-state index contributed by atoms with van der Waals surface area (Å²) in [4.78, 5) is -0.135. The van der Waals surface area contributed by atoms with Crippen LogP contribution in [0.3, 0.4) is 0 Å². The maximum Gasteiger partial charge on any atom is 0.267 e. The van der Waals surface area contributed by atoms with E-state index in [0.717, 1.165) is 11.1 Å². The Hall–Kier alpha value is -3.37. The number of aryl methyl sites for hydroxylation is 1. The lowest BCUT2D eigenvalue weighted by atomic mass is 10.0. The average molecular weight is 442 g/mol. The first-order valence-corrected chi connectivity index (χ1v) is 11.1. The molecule has 0 unspecified atom stereocenters. The van der Waals surface area contributed by atoms with Crippen LogP contribution in [0.4, 0.5) is 5.82 Å². The average Bonchev–Trinajstić information content (AvgIpc) is 3.42. The number of hydrogen-bond acceptors (Lipinski definition) is 7. The largest absolute Gasteiger partial charge is 0.495 e. The van der Waals surface area contributed by atoms with E-state index >= 15 is 0 Å². The molecule has 0 spiro atoms. The van der Waals surface area contributed by atoms with Gasteiger partial charge in [-0.05, 0) is 35.7 Å². The predicted molar refractivity (Wildman–Crippen MR) is 114 cm³/mol. The van der Waals surface area contributed by atoms with Crippen LogP contribution in [-0.4, -0.2) is 35.6 Å². The van der Waals surface area contributed by atoms with Crippen molar-refractivity contribution in [2.75, 3.05) is 11.8 Å². The van der Waals surface area contributed by atoms with Gasteiger partial charge in [-0.2, -0.15) is 5.10 Å². The van der Waals surface area contributed by atoms with Crippen LogP contribution in [-0.2, 0) is 29.6 Å². The summed E-state index contributed by atoms with van der Waals surface area (Å²) in [6.07, 6.45) is 4.22. The van der Waals surface area contributed by atoms with E-state index < -0.39 is 16.6 Å². The molecule has 0 bridgehead atoms. The smallest absolute Gasteiger partial charge is 0.267 e. The van der Waals surface area contributed by atoms with E-state index in [1.54, 1.807) is 16.9 Å². The molecule has 31 heavy (non-hydrogen) atoms. The number of aromatic nitrogens is 3. The Morgan fingerprint density at radius 3 is 2.74 bits per heavy atom. The molecule has 2 N–H and O–H groups in total. The molecule has 0 aliphatic heterocycles. The highest BCUT2D eigenvalue weighted by molar-refractivity contribution is 7.92. The van der Waals surface area contributed by atoms with Crippen LogP contribution in [0.25, 0.3) is 11.0 Å². The summed E-state index contributed by atoms with van der Waals surface area (Å²) in [6, 6.07) is 10.3. The van der Waals surface area contributed by atoms with Gasteiger partial charge in [0, 0.05) is 18.0 Å². The second-order valence-electron chi connectivity index (χ2n) is 6.93. The SMILES string of the molecule is CCc1cc(Cn2cccn2)cc2onc(NS(=O)(=O)c3c(CO)cccc3OC)c12. The van der Waals surface area contributed by atoms with Gasteiger partial charge in [0.05, 0.1) is 25.6 Å². The summed E-state index contributed by atoms with van der Waals surface area (Å²) < 4.78 is 41.3. The van der Waals surface area contributed by atoms with E-state index in [9.17, 15) is 13.5 Å². The Morgan fingerprint density at radius 2 is 2.06 bits per heavy atom. The van der Waals surface area contributed by atoms with Gasteiger partial charge in [0.15, 0.2) is 11.4 Å². The first kappa shape index (κ1) is 20.9. The quantitative estimate of drug-likeness (QED) is 0.430. The van der Waals surface area contributed by atoms with Gasteiger partial charge in [-0.1, -0.05) is 30.3 Å². The number of nitrogens with one attached hydrogen (secondary N) is 1. The van der Waals surface area contributed by atoms with Gasteiger partial charge in [-0.25, -0.2) is 8.42 Å². The van der Waals surface area contributed by atoms with Crippen LogP contribution in [0.15, 0.2) is 58.2 Å². The lowest BCUT2D eigenvalue weighted by Crippen LogP contribution is -2.17. The molecule has 0 saturated carbocycles. The highest BCUT2D eigenvalue weighted by Crippen LogP contribution is 2.33. The van der Waals surface area contributed by atoms with Crippen LogP contribution < -0.4 is 9.46 Å². The van der Waals surface area contributed by atoms with Gasteiger partial charge < -0.3 is 14.4 Å². The number of rotatable bonds is 8. The highest BCUT2D eigenvalue weighted by Gasteiger charge is 2.26. The fraction of sp³-hybridized carbons (Fsp3) is 0.238. The number of sulfonamides is 1. The van der Waals surface area contributed by atoms with Crippen molar-refractivity contribution >= 4 is 26.8 Å². The summed E-state index contributed by atoms with van der Waals surface area (Å²) in [5.74, 6) is 0.219. The lowest BCUT2D eigenvalue weighted by molar-refractivity contribution is 0.276. The number of nitrogens with zero attached hydrogens (tertiary/aromatic N) is 3. The maximum absolute atomic E-state index is 13.2. The Morgan fingerprint density at radius 1 is 1.23 bits per heavy atom. The van der Waals surface area contributed by atoms with E-state index in [1.807, 2.05) is 31.3 Å². The molecule has 9 nitrogen and oxygen atoms in total. The van der Waals surface area contributed by atoms with Crippen molar-refractivity contribution in [3.8, 4) is 5.75 Å². The van der Waals surface area contributed by atoms with Crippen LogP contribution >= 0.6 is 0 Å². The van der Waals surface area contributed by atoms with E-state index in [1.165, 1.54) is 19.2 Å².